The molecule has 4 heteroatoms. The molecular formula is C16H13Br2NO. The standard InChI is InChI=1S/C16H13Br2NO/c1-19-14-7-6-10(8-11(14)9-15(19)20)16(18)12-4-2-3-5-13(12)17/h2-8,16H,9H2,1H3. The molecule has 102 valence electrons. The van der Waals surface area contributed by atoms with Crippen LogP contribution in [0.1, 0.15) is 21.5 Å². The van der Waals surface area contributed by atoms with Gasteiger partial charge in [-0.1, -0.05) is 62.2 Å². The molecule has 1 aliphatic heterocycles. The monoisotopic (exact) mass is 393 g/mol. The van der Waals surface area contributed by atoms with E-state index < -0.39 is 0 Å². The number of likely N-dealkylation sites (N-methyl/N-ethyl adjacent to an activating group) is 1. The molecular weight excluding hydrogens is 382 g/mol. The number of hydrogen-bond acceptors (Lipinski definition) is 1. The highest BCUT2D eigenvalue weighted by molar-refractivity contribution is 9.11. The van der Waals surface area contributed by atoms with Crippen molar-refractivity contribution in [3.05, 3.63) is 63.6 Å². The third kappa shape index (κ3) is 2.31. The van der Waals surface area contributed by atoms with Gasteiger partial charge in [0.15, 0.2) is 0 Å². The Morgan fingerprint density at radius 1 is 1.20 bits per heavy atom. The Morgan fingerprint density at radius 2 is 1.95 bits per heavy atom. The van der Waals surface area contributed by atoms with Crippen LogP contribution in [0.2, 0.25) is 0 Å². The van der Waals surface area contributed by atoms with Crippen molar-refractivity contribution in [2.75, 3.05) is 11.9 Å². The lowest BCUT2D eigenvalue weighted by Gasteiger charge is -2.15. The van der Waals surface area contributed by atoms with Crippen LogP contribution in [0.25, 0.3) is 0 Å². The van der Waals surface area contributed by atoms with Gasteiger partial charge in [0.25, 0.3) is 0 Å². The molecule has 1 atom stereocenters. The Hall–Kier alpha value is -1.13. The number of anilines is 1. The highest BCUT2D eigenvalue weighted by atomic mass is 79.9. The minimum Gasteiger partial charge on any atom is -0.315 e. The fourth-order valence-corrected chi connectivity index (χ4v) is 4.01. The summed E-state index contributed by atoms with van der Waals surface area (Å²) < 4.78 is 1.08. The van der Waals surface area contributed by atoms with Crippen LogP contribution >= 0.6 is 31.9 Å². The summed E-state index contributed by atoms with van der Waals surface area (Å²) in [5.74, 6) is 0.157. The van der Waals surface area contributed by atoms with E-state index in [2.05, 4.69) is 50.1 Å². The van der Waals surface area contributed by atoms with E-state index in [1.54, 1.807) is 4.90 Å². The summed E-state index contributed by atoms with van der Waals surface area (Å²) in [6.45, 7) is 0. The van der Waals surface area contributed by atoms with E-state index in [0.29, 0.717) is 6.42 Å². The van der Waals surface area contributed by atoms with Crippen molar-refractivity contribution in [2.45, 2.75) is 11.2 Å². The van der Waals surface area contributed by atoms with Gasteiger partial charge in [0.2, 0.25) is 5.91 Å². The first-order valence-corrected chi connectivity index (χ1v) is 8.06. The van der Waals surface area contributed by atoms with Crippen molar-refractivity contribution in [3.63, 3.8) is 0 Å². The zero-order valence-electron chi connectivity index (χ0n) is 10.9. The molecule has 2 aromatic carbocycles. The van der Waals surface area contributed by atoms with Crippen molar-refractivity contribution in [3.8, 4) is 0 Å². The van der Waals surface area contributed by atoms with E-state index >= 15 is 0 Å². The average Bonchev–Trinajstić information content (AvgIpc) is 2.73. The van der Waals surface area contributed by atoms with Crippen molar-refractivity contribution in [1.29, 1.82) is 0 Å². The first-order chi connectivity index (χ1) is 9.58. The fraction of sp³-hybridized carbons (Fsp3) is 0.188. The molecule has 0 fully saturated rings. The largest absolute Gasteiger partial charge is 0.315 e. The second kappa shape index (κ2) is 5.34. The van der Waals surface area contributed by atoms with Crippen molar-refractivity contribution < 1.29 is 4.79 Å². The Labute approximate surface area is 135 Å². The summed E-state index contributed by atoms with van der Waals surface area (Å²) in [5, 5.41) is 0. The quantitative estimate of drug-likeness (QED) is 0.689. The molecule has 2 nitrogen and oxygen atoms in total. The molecule has 0 radical (unpaired) electrons. The number of amides is 1. The van der Waals surface area contributed by atoms with E-state index in [1.807, 2.05) is 31.3 Å². The topological polar surface area (TPSA) is 20.3 Å². The summed E-state index contributed by atoms with van der Waals surface area (Å²) in [7, 11) is 1.83. The maximum absolute atomic E-state index is 11.7. The Bertz CT molecular complexity index is 684. The number of nitrogens with zero attached hydrogens (tertiary/aromatic N) is 1. The van der Waals surface area contributed by atoms with Gasteiger partial charge >= 0.3 is 0 Å². The van der Waals surface area contributed by atoms with Gasteiger partial charge in [-0.2, -0.15) is 0 Å². The van der Waals surface area contributed by atoms with E-state index in [-0.39, 0.29) is 10.7 Å². The second-order valence-corrected chi connectivity index (χ2v) is 6.67. The first kappa shape index (κ1) is 13.8. The molecule has 20 heavy (non-hydrogen) atoms. The lowest BCUT2D eigenvalue weighted by molar-refractivity contribution is -0.117. The fourth-order valence-electron chi connectivity index (χ4n) is 2.51. The van der Waals surface area contributed by atoms with Gasteiger partial charge in [-0.25, -0.2) is 0 Å². The van der Waals surface area contributed by atoms with Crippen LogP contribution in [-0.2, 0) is 11.2 Å². The number of rotatable bonds is 2. The van der Waals surface area contributed by atoms with Crippen molar-refractivity contribution in [2.24, 2.45) is 0 Å². The van der Waals surface area contributed by atoms with Crippen LogP contribution in [0.15, 0.2) is 46.9 Å². The van der Waals surface area contributed by atoms with Crippen LogP contribution in [0.4, 0.5) is 5.69 Å². The van der Waals surface area contributed by atoms with Crippen LogP contribution in [0.5, 0.6) is 0 Å². The van der Waals surface area contributed by atoms with Crippen LogP contribution in [-0.4, -0.2) is 13.0 Å². The van der Waals surface area contributed by atoms with Crippen molar-refractivity contribution in [1.82, 2.24) is 0 Å². The van der Waals surface area contributed by atoms with Gasteiger partial charge in [0.1, 0.15) is 0 Å². The highest BCUT2D eigenvalue weighted by Crippen LogP contribution is 2.38. The Balaban J connectivity index is 1.99. The lowest BCUT2D eigenvalue weighted by Crippen LogP contribution is -2.20. The van der Waals surface area contributed by atoms with E-state index in [4.69, 9.17) is 0 Å². The smallest absolute Gasteiger partial charge is 0.231 e. The van der Waals surface area contributed by atoms with Gasteiger partial charge < -0.3 is 4.90 Å². The number of alkyl halides is 1. The molecule has 0 saturated heterocycles. The van der Waals surface area contributed by atoms with Crippen LogP contribution in [0.3, 0.4) is 0 Å². The van der Waals surface area contributed by atoms with Gasteiger partial charge in [0, 0.05) is 17.2 Å². The SMILES string of the molecule is CN1C(=O)Cc2cc(C(Br)c3ccccc3Br)ccc21. The highest BCUT2D eigenvalue weighted by Gasteiger charge is 2.25. The minimum absolute atomic E-state index is 0.115. The molecule has 1 unspecified atom stereocenters. The van der Waals surface area contributed by atoms with Gasteiger partial charge in [-0.15, -0.1) is 0 Å². The minimum atomic E-state index is 0.115. The molecule has 0 bridgehead atoms. The number of hydrogen-bond donors (Lipinski definition) is 0. The molecule has 1 aliphatic rings. The molecule has 0 spiro atoms. The van der Waals surface area contributed by atoms with E-state index in [0.717, 1.165) is 15.7 Å². The first-order valence-electron chi connectivity index (χ1n) is 6.36. The summed E-state index contributed by atoms with van der Waals surface area (Å²) >= 11 is 7.34. The van der Waals surface area contributed by atoms with Crippen molar-refractivity contribution >= 4 is 43.5 Å². The van der Waals surface area contributed by atoms with E-state index in [1.165, 1.54) is 11.1 Å². The third-order valence-corrected chi connectivity index (χ3v) is 5.40. The summed E-state index contributed by atoms with van der Waals surface area (Å²) in [4.78, 5) is 13.6. The Kier molecular flexibility index (Phi) is 3.69. The second-order valence-electron chi connectivity index (χ2n) is 4.90. The van der Waals surface area contributed by atoms with E-state index in [9.17, 15) is 4.79 Å². The molecule has 0 aliphatic carbocycles. The number of halogens is 2. The molecule has 0 aromatic heterocycles. The molecule has 2 aromatic rings. The zero-order chi connectivity index (χ0) is 14.3. The number of benzene rings is 2. The van der Waals surface area contributed by atoms with Gasteiger partial charge in [-0.05, 0) is 28.8 Å². The molecule has 1 heterocycles. The predicted octanol–water partition coefficient (Wildman–Crippen LogP) is 4.45. The predicted molar refractivity (Wildman–Crippen MR) is 88.5 cm³/mol. The molecule has 0 saturated carbocycles. The Morgan fingerprint density at radius 3 is 2.70 bits per heavy atom. The summed E-state index contributed by atoms with van der Waals surface area (Å²) in [5.41, 5.74) is 4.47. The van der Waals surface area contributed by atoms with Gasteiger partial charge in [-0.3, -0.25) is 4.79 Å². The maximum Gasteiger partial charge on any atom is 0.231 e. The number of fused-ring (bicyclic) bond motifs is 1. The normalized spacial score (nSPS) is 15.3. The molecule has 0 N–H and O–H groups in total. The number of carbonyl (C=O) groups excluding carboxylic acids is 1. The third-order valence-electron chi connectivity index (χ3n) is 3.65. The maximum atomic E-state index is 11.7. The zero-order valence-corrected chi connectivity index (χ0v) is 14.1. The lowest BCUT2D eigenvalue weighted by atomic mass is 10.0. The van der Waals surface area contributed by atoms with Gasteiger partial charge in [0.05, 0.1) is 11.2 Å². The summed E-state index contributed by atoms with van der Waals surface area (Å²) in [6.07, 6.45) is 0.495. The number of carbonyl (C=O) groups is 1. The van der Waals surface area contributed by atoms with Crippen LogP contribution in [0, 0.1) is 0 Å². The molecule has 3 rings (SSSR count). The summed E-state index contributed by atoms with van der Waals surface area (Å²) in [6, 6.07) is 14.4. The van der Waals surface area contributed by atoms with Crippen LogP contribution < -0.4 is 4.90 Å². The molecule has 1 amide bonds. The average molecular weight is 395 g/mol.